The maximum absolute atomic E-state index is 5.89. The summed E-state index contributed by atoms with van der Waals surface area (Å²) in [4.78, 5) is 8.84. The Balaban J connectivity index is 1.82. The molecule has 0 atom stereocenters. The van der Waals surface area contributed by atoms with Crippen LogP contribution in [0.15, 0.2) is 52.4 Å². The van der Waals surface area contributed by atoms with E-state index in [1.807, 2.05) is 11.8 Å². The molecule has 0 unspecified atom stereocenters. The number of anilines is 1. The topological polar surface area (TPSA) is 55.5 Å². The average Bonchev–Trinajstić information content (AvgIpc) is 3.22. The Labute approximate surface area is 220 Å². The van der Waals surface area contributed by atoms with Crippen molar-refractivity contribution in [2.75, 3.05) is 30.3 Å². The van der Waals surface area contributed by atoms with Gasteiger partial charge in [-0.25, -0.2) is 0 Å². The number of aromatic nitrogens is 3. The van der Waals surface area contributed by atoms with Gasteiger partial charge in [-0.05, 0) is 61.8 Å². The minimum absolute atomic E-state index is 0.441. The molecule has 0 radical (unpaired) electrons. The van der Waals surface area contributed by atoms with Gasteiger partial charge in [-0.2, -0.15) is 0 Å². The van der Waals surface area contributed by atoms with Crippen molar-refractivity contribution in [3.8, 4) is 5.69 Å². The maximum atomic E-state index is 5.89. The molecule has 0 spiro atoms. The predicted octanol–water partition coefficient (Wildman–Crippen LogP) is 6.67. The molecule has 2 aromatic carbocycles. The first kappa shape index (κ1) is 26.4. The monoisotopic (exact) mass is 505 g/mol. The second-order valence-corrected chi connectivity index (χ2v) is 10.3. The summed E-state index contributed by atoms with van der Waals surface area (Å²) in [5, 5.41) is 9.04. The first-order chi connectivity index (χ1) is 17.7. The number of hydrogen-bond acceptors (Lipinski definition) is 6. The highest BCUT2D eigenvalue weighted by atomic mass is 32.2. The van der Waals surface area contributed by atoms with Crippen molar-refractivity contribution in [2.45, 2.75) is 71.4 Å². The Morgan fingerprint density at radius 3 is 2.53 bits per heavy atom. The van der Waals surface area contributed by atoms with Gasteiger partial charge in [-0.15, -0.1) is 22.0 Å². The van der Waals surface area contributed by atoms with E-state index in [0.717, 1.165) is 78.7 Å². The molecule has 1 aliphatic rings. The van der Waals surface area contributed by atoms with Crippen molar-refractivity contribution in [2.24, 2.45) is 4.99 Å². The van der Waals surface area contributed by atoms with Gasteiger partial charge in [0.05, 0.1) is 11.4 Å². The molecule has 0 N–H and O–H groups in total. The van der Waals surface area contributed by atoms with E-state index in [0.29, 0.717) is 19.8 Å². The van der Waals surface area contributed by atoms with Gasteiger partial charge in [0.2, 0.25) is 0 Å². The number of hydrogen-bond donors (Lipinski definition) is 0. The first-order valence-corrected chi connectivity index (χ1v) is 14.4. The molecule has 4 rings (SSSR count). The van der Waals surface area contributed by atoms with Gasteiger partial charge in [0.25, 0.3) is 0 Å². The largest absolute Gasteiger partial charge is 0.373 e. The average molecular weight is 506 g/mol. The van der Waals surface area contributed by atoms with E-state index in [-0.39, 0.29) is 0 Å². The number of ether oxygens (including phenoxy) is 1. The molecule has 0 amide bonds. The van der Waals surface area contributed by atoms with Gasteiger partial charge in [-0.3, -0.25) is 9.56 Å². The number of benzene rings is 2. The molecule has 36 heavy (non-hydrogen) atoms. The quantitative estimate of drug-likeness (QED) is 0.192. The van der Waals surface area contributed by atoms with Crippen molar-refractivity contribution in [3.63, 3.8) is 0 Å². The lowest BCUT2D eigenvalue weighted by Gasteiger charge is -2.25. The summed E-state index contributed by atoms with van der Waals surface area (Å²) < 4.78 is 8.07. The molecular weight excluding hydrogens is 466 g/mol. The van der Waals surface area contributed by atoms with Crippen LogP contribution in [0.25, 0.3) is 5.69 Å². The second-order valence-electron chi connectivity index (χ2n) is 9.15. The number of aliphatic imine (C=N–C) groups is 1. The Hall–Kier alpha value is -2.64. The zero-order valence-corrected chi connectivity index (χ0v) is 23.0. The van der Waals surface area contributed by atoms with Gasteiger partial charge < -0.3 is 9.64 Å². The summed E-state index contributed by atoms with van der Waals surface area (Å²) in [5.41, 5.74) is 5.58. The lowest BCUT2D eigenvalue weighted by Crippen LogP contribution is -2.25. The van der Waals surface area contributed by atoms with Gasteiger partial charge in [-0.1, -0.05) is 39.8 Å². The molecule has 0 fully saturated rings. The fraction of sp³-hybridized carbons (Fsp3) is 0.483. The zero-order valence-electron chi connectivity index (χ0n) is 22.2. The van der Waals surface area contributed by atoms with Crippen LogP contribution in [0.2, 0.25) is 0 Å². The number of rotatable bonds is 13. The molecule has 192 valence electrons. The summed E-state index contributed by atoms with van der Waals surface area (Å²) in [6.45, 7) is 12.5. The molecule has 0 aliphatic carbocycles. The summed E-state index contributed by atoms with van der Waals surface area (Å²) in [5.74, 6) is 2.80. The van der Waals surface area contributed by atoms with Crippen LogP contribution >= 0.6 is 11.8 Å². The van der Waals surface area contributed by atoms with Crippen LogP contribution in [-0.4, -0.2) is 45.9 Å². The standard InChI is InChI=1S/C29H39N5OS/c1-5-14-33(15-6-2)23-12-13-25-26(19-23)34-27(31-32-28(34)21-35-16-7-3)20-30-29(25)22-10-9-11-24(18-22)36-17-8-4/h9-13,18-19H,5-8,14-17,20-21H2,1-4H3. The van der Waals surface area contributed by atoms with E-state index in [2.05, 4.69) is 89.8 Å². The summed E-state index contributed by atoms with van der Waals surface area (Å²) in [7, 11) is 0. The SMILES string of the molecule is CCCOCc1nnc2n1-c1cc(N(CCC)CCC)ccc1C(c1cccc(SCCC)c1)=NC2. The molecule has 0 saturated heterocycles. The molecule has 0 saturated carbocycles. The highest BCUT2D eigenvalue weighted by Gasteiger charge is 2.24. The third-order valence-electron chi connectivity index (χ3n) is 6.17. The Kier molecular flexibility index (Phi) is 9.59. The molecule has 2 heterocycles. The van der Waals surface area contributed by atoms with Crippen molar-refractivity contribution in [1.29, 1.82) is 0 Å². The smallest absolute Gasteiger partial charge is 0.163 e. The molecule has 3 aromatic rings. The fourth-order valence-electron chi connectivity index (χ4n) is 4.58. The molecular formula is C29H39N5OS. The van der Waals surface area contributed by atoms with E-state index >= 15 is 0 Å². The van der Waals surface area contributed by atoms with Crippen molar-refractivity contribution in [3.05, 3.63) is 65.2 Å². The van der Waals surface area contributed by atoms with E-state index in [4.69, 9.17) is 9.73 Å². The summed E-state index contributed by atoms with van der Waals surface area (Å²) in [6.07, 6.45) is 4.36. The highest BCUT2D eigenvalue weighted by Crippen LogP contribution is 2.31. The van der Waals surface area contributed by atoms with Crippen molar-refractivity contribution >= 4 is 23.2 Å². The van der Waals surface area contributed by atoms with E-state index in [1.54, 1.807) is 0 Å². The van der Waals surface area contributed by atoms with Crippen LogP contribution in [0, 0.1) is 0 Å². The molecule has 0 bridgehead atoms. The van der Waals surface area contributed by atoms with Crippen molar-refractivity contribution < 1.29 is 4.74 Å². The number of nitrogens with zero attached hydrogens (tertiary/aromatic N) is 5. The maximum Gasteiger partial charge on any atom is 0.163 e. The Morgan fingerprint density at radius 2 is 1.78 bits per heavy atom. The minimum atomic E-state index is 0.441. The van der Waals surface area contributed by atoms with Gasteiger partial charge >= 0.3 is 0 Å². The lowest BCUT2D eigenvalue weighted by molar-refractivity contribution is 0.115. The second kappa shape index (κ2) is 13.1. The zero-order chi connectivity index (χ0) is 25.3. The lowest BCUT2D eigenvalue weighted by atomic mass is 9.99. The fourth-order valence-corrected chi connectivity index (χ4v) is 5.41. The van der Waals surface area contributed by atoms with E-state index in [1.165, 1.54) is 10.6 Å². The highest BCUT2D eigenvalue weighted by molar-refractivity contribution is 7.99. The molecule has 6 nitrogen and oxygen atoms in total. The Morgan fingerprint density at radius 1 is 0.944 bits per heavy atom. The van der Waals surface area contributed by atoms with Crippen LogP contribution in [0.1, 0.15) is 76.2 Å². The van der Waals surface area contributed by atoms with Crippen LogP contribution in [0.4, 0.5) is 5.69 Å². The molecule has 1 aromatic heterocycles. The van der Waals surface area contributed by atoms with Crippen LogP contribution in [0.3, 0.4) is 0 Å². The van der Waals surface area contributed by atoms with Gasteiger partial charge in [0.15, 0.2) is 11.6 Å². The number of fused-ring (bicyclic) bond motifs is 3. The van der Waals surface area contributed by atoms with Gasteiger partial charge in [0.1, 0.15) is 13.2 Å². The van der Waals surface area contributed by atoms with E-state index in [9.17, 15) is 0 Å². The molecule has 1 aliphatic heterocycles. The third kappa shape index (κ3) is 6.01. The number of thioether (sulfide) groups is 1. The summed E-state index contributed by atoms with van der Waals surface area (Å²) >= 11 is 1.90. The normalized spacial score (nSPS) is 12.6. The van der Waals surface area contributed by atoms with Gasteiger partial charge in [0, 0.05) is 41.4 Å². The minimum Gasteiger partial charge on any atom is -0.373 e. The van der Waals surface area contributed by atoms with Crippen LogP contribution < -0.4 is 4.90 Å². The predicted molar refractivity (Wildman–Crippen MR) is 151 cm³/mol. The Bertz CT molecular complexity index is 1170. The summed E-state index contributed by atoms with van der Waals surface area (Å²) in [6, 6.07) is 15.6. The first-order valence-electron chi connectivity index (χ1n) is 13.4. The molecule has 7 heteroatoms. The van der Waals surface area contributed by atoms with E-state index < -0.39 is 0 Å². The van der Waals surface area contributed by atoms with Crippen LogP contribution in [-0.2, 0) is 17.9 Å². The third-order valence-corrected chi connectivity index (χ3v) is 7.36. The van der Waals surface area contributed by atoms with Crippen LogP contribution in [0.5, 0.6) is 0 Å². The van der Waals surface area contributed by atoms with Crippen molar-refractivity contribution in [1.82, 2.24) is 14.8 Å².